The van der Waals surface area contributed by atoms with E-state index < -0.39 is 0 Å². The Kier molecular flexibility index (Phi) is 5.14. The zero-order valence-electron chi connectivity index (χ0n) is 13.3. The van der Waals surface area contributed by atoms with Gasteiger partial charge in [0.15, 0.2) is 0 Å². The first kappa shape index (κ1) is 15.3. The van der Waals surface area contributed by atoms with Crippen LogP contribution in [0.1, 0.15) is 37.4 Å². The molecule has 114 valence electrons. The fourth-order valence-corrected chi connectivity index (χ4v) is 2.20. The van der Waals surface area contributed by atoms with Crippen LogP contribution in [0.25, 0.3) is 0 Å². The number of hydrogen-bond donors (Lipinski definition) is 2. The van der Waals surface area contributed by atoms with E-state index in [0.717, 1.165) is 42.5 Å². The molecule has 6 nitrogen and oxygen atoms in total. The summed E-state index contributed by atoms with van der Waals surface area (Å²) in [7, 11) is 1.93. The molecule has 21 heavy (non-hydrogen) atoms. The zero-order valence-corrected chi connectivity index (χ0v) is 13.3. The third-order valence-electron chi connectivity index (χ3n) is 3.18. The van der Waals surface area contributed by atoms with E-state index >= 15 is 0 Å². The summed E-state index contributed by atoms with van der Waals surface area (Å²) in [6.45, 7) is 7.78. The summed E-state index contributed by atoms with van der Waals surface area (Å²) >= 11 is 0. The van der Waals surface area contributed by atoms with Crippen LogP contribution < -0.4 is 10.6 Å². The molecule has 0 aliphatic rings. The number of nitrogens with one attached hydrogen (secondary N) is 2. The molecule has 0 fully saturated rings. The highest BCUT2D eigenvalue weighted by Gasteiger charge is 2.06. The monoisotopic (exact) mass is 288 g/mol. The third kappa shape index (κ3) is 4.18. The quantitative estimate of drug-likeness (QED) is 0.819. The molecule has 6 heteroatoms. The second-order valence-corrected chi connectivity index (χ2v) is 5.10. The van der Waals surface area contributed by atoms with Gasteiger partial charge in [0.2, 0.25) is 0 Å². The van der Waals surface area contributed by atoms with Crippen molar-refractivity contribution in [3.63, 3.8) is 0 Å². The summed E-state index contributed by atoms with van der Waals surface area (Å²) in [5.74, 6) is 2.61. The van der Waals surface area contributed by atoms with Gasteiger partial charge in [-0.25, -0.2) is 9.97 Å². The Balaban J connectivity index is 2.12. The first-order valence-electron chi connectivity index (χ1n) is 7.47. The van der Waals surface area contributed by atoms with Crippen LogP contribution in [-0.2, 0) is 20.0 Å². The van der Waals surface area contributed by atoms with Gasteiger partial charge in [0.1, 0.15) is 17.5 Å². The van der Waals surface area contributed by atoms with Crippen molar-refractivity contribution in [3.8, 4) is 0 Å². The topological polar surface area (TPSA) is 67.7 Å². The molecule has 2 heterocycles. The Morgan fingerprint density at radius 1 is 1.14 bits per heavy atom. The molecule has 2 aromatic heterocycles. The Morgan fingerprint density at radius 3 is 2.43 bits per heavy atom. The molecule has 0 aliphatic carbocycles. The summed E-state index contributed by atoms with van der Waals surface area (Å²) in [5, 5.41) is 11.0. The second kappa shape index (κ2) is 7.06. The molecule has 0 amide bonds. The minimum atomic E-state index is 0.716. The van der Waals surface area contributed by atoms with E-state index in [0.29, 0.717) is 6.54 Å². The molecule has 0 saturated carbocycles. The molecule has 0 spiro atoms. The van der Waals surface area contributed by atoms with Crippen LogP contribution in [0.5, 0.6) is 0 Å². The molecule has 0 radical (unpaired) electrons. The minimum Gasteiger partial charge on any atom is -0.370 e. The van der Waals surface area contributed by atoms with Crippen molar-refractivity contribution in [1.82, 2.24) is 19.7 Å². The normalized spacial score (nSPS) is 10.7. The van der Waals surface area contributed by atoms with Crippen molar-refractivity contribution >= 4 is 11.6 Å². The summed E-state index contributed by atoms with van der Waals surface area (Å²) in [5.41, 5.74) is 2.22. The second-order valence-electron chi connectivity index (χ2n) is 5.10. The van der Waals surface area contributed by atoms with Crippen LogP contribution in [0.4, 0.5) is 11.6 Å². The van der Waals surface area contributed by atoms with Crippen LogP contribution >= 0.6 is 0 Å². The maximum Gasteiger partial charge on any atom is 0.133 e. The maximum atomic E-state index is 4.57. The molecule has 0 bridgehead atoms. The maximum absolute atomic E-state index is 4.57. The summed E-state index contributed by atoms with van der Waals surface area (Å²) in [6, 6.07) is 1.95. The predicted molar refractivity (Wildman–Crippen MR) is 85.5 cm³/mol. The first-order chi connectivity index (χ1) is 10.1. The standard InChI is InChI=1S/C15H24N6/c1-5-7-13-18-14(16-6-2)8-15(19-13)17-9-12-10-21(4)20-11(12)3/h8,10H,5-7,9H2,1-4H3,(H2,16,17,18,19). The number of aryl methyl sites for hydroxylation is 3. The van der Waals surface area contributed by atoms with E-state index in [-0.39, 0.29) is 0 Å². The fraction of sp³-hybridized carbons (Fsp3) is 0.533. The summed E-state index contributed by atoms with van der Waals surface area (Å²) < 4.78 is 1.83. The van der Waals surface area contributed by atoms with Gasteiger partial charge in [-0.05, 0) is 20.3 Å². The molecule has 0 saturated heterocycles. The van der Waals surface area contributed by atoms with Crippen molar-refractivity contribution in [1.29, 1.82) is 0 Å². The van der Waals surface area contributed by atoms with E-state index in [9.17, 15) is 0 Å². The van der Waals surface area contributed by atoms with Gasteiger partial charge < -0.3 is 10.6 Å². The lowest BCUT2D eigenvalue weighted by Crippen LogP contribution is -2.08. The van der Waals surface area contributed by atoms with E-state index in [1.165, 1.54) is 5.56 Å². The Hall–Kier alpha value is -2.11. The molecule has 0 unspecified atom stereocenters. The van der Waals surface area contributed by atoms with Crippen molar-refractivity contribution in [2.24, 2.45) is 7.05 Å². The number of aromatic nitrogens is 4. The lowest BCUT2D eigenvalue weighted by Gasteiger charge is -2.10. The molecular weight excluding hydrogens is 264 g/mol. The molecule has 2 aromatic rings. The van der Waals surface area contributed by atoms with Crippen LogP contribution in [0, 0.1) is 6.92 Å². The van der Waals surface area contributed by atoms with Crippen molar-refractivity contribution in [3.05, 3.63) is 29.3 Å². The van der Waals surface area contributed by atoms with Crippen LogP contribution in [0.3, 0.4) is 0 Å². The Labute approximate surface area is 126 Å². The molecule has 0 aliphatic heterocycles. The summed E-state index contributed by atoms with van der Waals surface area (Å²) in [4.78, 5) is 9.08. The first-order valence-corrected chi connectivity index (χ1v) is 7.47. The predicted octanol–water partition coefficient (Wildman–Crippen LogP) is 2.51. The van der Waals surface area contributed by atoms with Crippen LogP contribution in [0.15, 0.2) is 12.3 Å². The van der Waals surface area contributed by atoms with Gasteiger partial charge in [0, 0.05) is 44.4 Å². The van der Waals surface area contributed by atoms with Crippen LogP contribution in [-0.4, -0.2) is 26.3 Å². The zero-order chi connectivity index (χ0) is 15.2. The highest BCUT2D eigenvalue weighted by atomic mass is 15.3. The highest BCUT2D eigenvalue weighted by molar-refractivity contribution is 5.48. The van der Waals surface area contributed by atoms with Gasteiger partial charge in [0.05, 0.1) is 5.69 Å². The van der Waals surface area contributed by atoms with Gasteiger partial charge >= 0.3 is 0 Å². The van der Waals surface area contributed by atoms with E-state index in [2.05, 4.69) is 39.5 Å². The van der Waals surface area contributed by atoms with Crippen LogP contribution in [0.2, 0.25) is 0 Å². The Bertz CT molecular complexity index is 566. The number of anilines is 2. The molecule has 0 aromatic carbocycles. The molecule has 0 atom stereocenters. The highest BCUT2D eigenvalue weighted by Crippen LogP contribution is 2.14. The average Bonchev–Trinajstić information content (AvgIpc) is 2.75. The van der Waals surface area contributed by atoms with E-state index in [1.54, 1.807) is 0 Å². The number of rotatable bonds is 7. The van der Waals surface area contributed by atoms with Gasteiger partial charge in [-0.2, -0.15) is 5.10 Å². The lowest BCUT2D eigenvalue weighted by molar-refractivity contribution is 0.756. The number of nitrogens with zero attached hydrogens (tertiary/aromatic N) is 4. The SMILES string of the molecule is CCCc1nc(NCC)cc(NCc2cn(C)nc2C)n1. The van der Waals surface area contributed by atoms with Crippen molar-refractivity contribution < 1.29 is 0 Å². The molecule has 2 rings (SSSR count). The van der Waals surface area contributed by atoms with E-state index in [1.807, 2.05) is 30.9 Å². The van der Waals surface area contributed by atoms with Gasteiger partial charge in [-0.1, -0.05) is 6.92 Å². The van der Waals surface area contributed by atoms with Gasteiger partial charge in [-0.3, -0.25) is 4.68 Å². The van der Waals surface area contributed by atoms with Gasteiger partial charge in [0.25, 0.3) is 0 Å². The third-order valence-corrected chi connectivity index (χ3v) is 3.18. The fourth-order valence-electron chi connectivity index (χ4n) is 2.20. The van der Waals surface area contributed by atoms with E-state index in [4.69, 9.17) is 0 Å². The molecule has 2 N–H and O–H groups in total. The average molecular weight is 288 g/mol. The smallest absolute Gasteiger partial charge is 0.133 e. The largest absolute Gasteiger partial charge is 0.370 e. The minimum absolute atomic E-state index is 0.716. The number of hydrogen-bond acceptors (Lipinski definition) is 5. The lowest BCUT2D eigenvalue weighted by atomic mass is 10.2. The molecular formula is C15H24N6. The van der Waals surface area contributed by atoms with Crippen molar-refractivity contribution in [2.75, 3.05) is 17.2 Å². The summed E-state index contributed by atoms with van der Waals surface area (Å²) in [6.07, 6.45) is 3.96. The van der Waals surface area contributed by atoms with Gasteiger partial charge in [-0.15, -0.1) is 0 Å². The van der Waals surface area contributed by atoms with Crippen molar-refractivity contribution in [2.45, 2.75) is 40.2 Å². The Morgan fingerprint density at radius 2 is 1.86 bits per heavy atom.